The molecule has 0 atom stereocenters. The van der Waals surface area contributed by atoms with Crippen LogP contribution in [0.2, 0.25) is 0 Å². The quantitative estimate of drug-likeness (QED) is 0.840. The second-order valence-corrected chi connectivity index (χ2v) is 5.00. The third-order valence-corrected chi connectivity index (χ3v) is 3.60. The molecule has 0 spiro atoms. The monoisotopic (exact) mass is 268 g/mol. The van der Waals surface area contributed by atoms with E-state index in [0.717, 1.165) is 18.6 Å². The van der Waals surface area contributed by atoms with Crippen LogP contribution < -0.4 is 16.2 Å². The molecule has 4 nitrogen and oxygen atoms in total. The van der Waals surface area contributed by atoms with Gasteiger partial charge in [-0.1, -0.05) is 6.07 Å². The van der Waals surface area contributed by atoms with E-state index in [1.807, 2.05) is 12.1 Å². The average molecular weight is 268 g/mol. The number of carbonyl (C=O) groups is 1. The predicted octanol–water partition coefficient (Wildman–Crippen LogP) is 2.65. The molecular formula is C16H16N2O2. The highest BCUT2D eigenvalue weighted by molar-refractivity contribution is 5.93. The molecule has 0 unspecified atom stereocenters. The first-order chi connectivity index (χ1) is 9.63. The van der Waals surface area contributed by atoms with Crippen LogP contribution >= 0.6 is 0 Å². The summed E-state index contributed by atoms with van der Waals surface area (Å²) in [6.07, 6.45) is 3.41. The predicted molar refractivity (Wildman–Crippen MR) is 77.9 cm³/mol. The van der Waals surface area contributed by atoms with Crippen LogP contribution in [0, 0.1) is 0 Å². The van der Waals surface area contributed by atoms with Crippen molar-refractivity contribution in [2.75, 3.05) is 5.73 Å². The maximum Gasteiger partial charge on any atom is 0.248 e. The number of anilines is 1. The Hall–Kier alpha value is -2.49. The number of rotatable bonds is 3. The summed E-state index contributed by atoms with van der Waals surface area (Å²) in [5.41, 5.74) is 14.7. The molecular weight excluding hydrogens is 252 g/mol. The second-order valence-electron chi connectivity index (χ2n) is 5.00. The summed E-state index contributed by atoms with van der Waals surface area (Å²) in [6.45, 7) is 0. The summed E-state index contributed by atoms with van der Waals surface area (Å²) < 4.78 is 5.79. The van der Waals surface area contributed by atoms with Crippen LogP contribution in [0.25, 0.3) is 0 Å². The molecule has 4 N–H and O–H groups in total. The standard InChI is InChI=1S/C16H16N2O2/c17-14-7-5-12(16(18)19)9-15(14)20-13-6-4-10-2-1-3-11(10)8-13/h4-9H,1-3,17H2,(H2,18,19). The maximum atomic E-state index is 11.2. The number of amides is 1. The van der Waals surface area contributed by atoms with Gasteiger partial charge in [-0.3, -0.25) is 4.79 Å². The molecule has 0 radical (unpaired) electrons. The Morgan fingerprint density at radius 3 is 2.65 bits per heavy atom. The zero-order valence-electron chi connectivity index (χ0n) is 11.1. The molecule has 0 bridgehead atoms. The molecule has 0 fully saturated rings. The number of fused-ring (bicyclic) bond motifs is 1. The maximum absolute atomic E-state index is 11.2. The molecule has 1 amide bonds. The number of aryl methyl sites for hydroxylation is 2. The van der Waals surface area contributed by atoms with Crippen LogP contribution in [-0.4, -0.2) is 5.91 Å². The van der Waals surface area contributed by atoms with Crippen LogP contribution in [0.3, 0.4) is 0 Å². The zero-order chi connectivity index (χ0) is 14.1. The fourth-order valence-electron chi connectivity index (χ4n) is 2.51. The molecule has 1 aliphatic rings. The van der Waals surface area contributed by atoms with Gasteiger partial charge in [-0.05, 0) is 60.7 Å². The second kappa shape index (κ2) is 4.89. The smallest absolute Gasteiger partial charge is 0.248 e. The van der Waals surface area contributed by atoms with Gasteiger partial charge in [0.2, 0.25) is 5.91 Å². The highest BCUT2D eigenvalue weighted by atomic mass is 16.5. The summed E-state index contributed by atoms with van der Waals surface area (Å²) in [4.78, 5) is 11.2. The Bertz CT molecular complexity index is 680. The summed E-state index contributed by atoms with van der Waals surface area (Å²) >= 11 is 0. The van der Waals surface area contributed by atoms with Crippen LogP contribution in [0.15, 0.2) is 36.4 Å². The molecule has 0 heterocycles. The summed E-state index contributed by atoms with van der Waals surface area (Å²) in [5.74, 6) is 0.696. The van der Waals surface area contributed by atoms with Crippen molar-refractivity contribution in [1.82, 2.24) is 0 Å². The van der Waals surface area contributed by atoms with E-state index in [1.165, 1.54) is 17.5 Å². The number of nitrogen functional groups attached to an aromatic ring is 1. The van der Waals surface area contributed by atoms with Crippen molar-refractivity contribution in [2.45, 2.75) is 19.3 Å². The first kappa shape index (κ1) is 12.5. The highest BCUT2D eigenvalue weighted by Crippen LogP contribution is 2.32. The van der Waals surface area contributed by atoms with Gasteiger partial charge in [0.05, 0.1) is 5.69 Å². The Morgan fingerprint density at radius 1 is 1.05 bits per heavy atom. The molecule has 20 heavy (non-hydrogen) atoms. The van der Waals surface area contributed by atoms with Gasteiger partial charge in [0.1, 0.15) is 5.75 Å². The Kier molecular flexibility index (Phi) is 3.06. The molecule has 4 heteroatoms. The Balaban J connectivity index is 1.91. The van der Waals surface area contributed by atoms with Crippen molar-refractivity contribution in [2.24, 2.45) is 5.73 Å². The minimum Gasteiger partial charge on any atom is -0.455 e. The summed E-state index contributed by atoms with van der Waals surface area (Å²) in [7, 11) is 0. The van der Waals surface area contributed by atoms with Crippen LogP contribution in [-0.2, 0) is 12.8 Å². The van der Waals surface area contributed by atoms with Gasteiger partial charge in [-0.15, -0.1) is 0 Å². The van der Waals surface area contributed by atoms with E-state index < -0.39 is 5.91 Å². The normalized spacial score (nSPS) is 13.0. The molecule has 3 rings (SSSR count). The van der Waals surface area contributed by atoms with Gasteiger partial charge in [-0.25, -0.2) is 0 Å². The van der Waals surface area contributed by atoms with E-state index in [2.05, 4.69) is 6.07 Å². The van der Waals surface area contributed by atoms with Crippen LogP contribution in [0.5, 0.6) is 11.5 Å². The summed E-state index contributed by atoms with van der Waals surface area (Å²) in [6, 6.07) is 10.9. The van der Waals surface area contributed by atoms with E-state index in [9.17, 15) is 4.79 Å². The van der Waals surface area contributed by atoms with Crippen molar-refractivity contribution in [3.8, 4) is 11.5 Å². The Labute approximate surface area is 117 Å². The SMILES string of the molecule is NC(=O)c1ccc(N)c(Oc2ccc3c(c2)CCC3)c1. The number of hydrogen-bond acceptors (Lipinski definition) is 3. The molecule has 0 saturated carbocycles. The number of primary amides is 1. The number of carbonyl (C=O) groups excluding carboxylic acids is 1. The zero-order valence-corrected chi connectivity index (χ0v) is 11.1. The minimum atomic E-state index is -0.496. The minimum absolute atomic E-state index is 0.385. The summed E-state index contributed by atoms with van der Waals surface area (Å²) in [5, 5.41) is 0. The Morgan fingerprint density at radius 2 is 1.85 bits per heavy atom. The van der Waals surface area contributed by atoms with E-state index in [-0.39, 0.29) is 0 Å². The topological polar surface area (TPSA) is 78.3 Å². The van der Waals surface area contributed by atoms with E-state index in [4.69, 9.17) is 16.2 Å². The van der Waals surface area contributed by atoms with Gasteiger partial charge < -0.3 is 16.2 Å². The average Bonchev–Trinajstić information content (AvgIpc) is 2.88. The number of nitrogens with two attached hydrogens (primary N) is 2. The van der Waals surface area contributed by atoms with Gasteiger partial charge in [-0.2, -0.15) is 0 Å². The molecule has 102 valence electrons. The third kappa shape index (κ3) is 2.32. The lowest BCUT2D eigenvalue weighted by molar-refractivity contribution is 0.1000. The number of ether oxygens (including phenoxy) is 1. The van der Waals surface area contributed by atoms with Crippen molar-refractivity contribution >= 4 is 11.6 Å². The first-order valence-corrected chi connectivity index (χ1v) is 6.62. The van der Waals surface area contributed by atoms with Crippen molar-refractivity contribution in [3.05, 3.63) is 53.1 Å². The number of benzene rings is 2. The first-order valence-electron chi connectivity index (χ1n) is 6.62. The largest absolute Gasteiger partial charge is 0.455 e. The van der Waals surface area contributed by atoms with E-state index in [1.54, 1.807) is 18.2 Å². The van der Waals surface area contributed by atoms with Crippen molar-refractivity contribution in [3.63, 3.8) is 0 Å². The number of hydrogen-bond donors (Lipinski definition) is 2. The lowest BCUT2D eigenvalue weighted by Gasteiger charge is -2.10. The van der Waals surface area contributed by atoms with Gasteiger partial charge in [0.25, 0.3) is 0 Å². The molecule has 2 aromatic carbocycles. The van der Waals surface area contributed by atoms with E-state index >= 15 is 0 Å². The third-order valence-electron chi connectivity index (χ3n) is 3.60. The fraction of sp³-hybridized carbons (Fsp3) is 0.188. The van der Waals surface area contributed by atoms with Crippen molar-refractivity contribution in [1.29, 1.82) is 0 Å². The van der Waals surface area contributed by atoms with Gasteiger partial charge in [0, 0.05) is 5.56 Å². The van der Waals surface area contributed by atoms with Gasteiger partial charge >= 0.3 is 0 Å². The molecule has 2 aromatic rings. The molecule has 0 aliphatic heterocycles. The van der Waals surface area contributed by atoms with Crippen molar-refractivity contribution < 1.29 is 9.53 Å². The molecule has 0 aromatic heterocycles. The van der Waals surface area contributed by atoms with Crippen LogP contribution in [0.4, 0.5) is 5.69 Å². The lowest BCUT2D eigenvalue weighted by atomic mass is 10.1. The fourth-order valence-corrected chi connectivity index (χ4v) is 2.51. The molecule has 0 saturated heterocycles. The lowest BCUT2D eigenvalue weighted by Crippen LogP contribution is -2.11. The van der Waals surface area contributed by atoms with E-state index in [0.29, 0.717) is 17.0 Å². The van der Waals surface area contributed by atoms with Gasteiger partial charge in [0.15, 0.2) is 5.75 Å². The van der Waals surface area contributed by atoms with Crippen LogP contribution in [0.1, 0.15) is 27.9 Å². The molecule has 1 aliphatic carbocycles. The highest BCUT2D eigenvalue weighted by Gasteiger charge is 2.12.